The molecule has 0 amide bonds. The number of H-pyrrole nitrogens is 1. The lowest BCUT2D eigenvalue weighted by Crippen LogP contribution is -2.07. The Morgan fingerprint density at radius 3 is 2.60 bits per heavy atom. The molecule has 8 heteroatoms. The third-order valence-corrected chi connectivity index (χ3v) is 1.56. The van der Waals surface area contributed by atoms with Crippen LogP contribution >= 0.6 is 0 Å². The van der Waals surface area contributed by atoms with Crippen LogP contribution in [0.25, 0.3) is 11.5 Å². The van der Waals surface area contributed by atoms with E-state index in [1.54, 1.807) is 5.10 Å². The lowest BCUT2D eigenvalue weighted by atomic mass is 10.4. The van der Waals surface area contributed by atoms with Crippen molar-refractivity contribution in [2.24, 2.45) is 0 Å². The molecule has 0 aromatic carbocycles. The molecule has 0 aliphatic carbocycles. The van der Waals surface area contributed by atoms with Crippen molar-refractivity contribution in [3.8, 4) is 11.5 Å². The molecule has 0 bridgehead atoms. The van der Waals surface area contributed by atoms with E-state index >= 15 is 0 Å². The first-order valence-electron chi connectivity index (χ1n) is 3.85. The Morgan fingerprint density at radius 1 is 1.27 bits per heavy atom. The third kappa shape index (κ3) is 1.92. The standard InChI is InChI=1S/C7H4F3N5/c8-7(9,10)6-12-5(14-15-6)4-2-1-3-11-13-4/h1-3H,(H,12,14,15). The molecule has 15 heavy (non-hydrogen) atoms. The van der Waals surface area contributed by atoms with Crippen LogP contribution in [0.3, 0.4) is 0 Å². The van der Waals surface area contributed by atoms with Crippen LogP contribution in [0.15, 0.2) is 18.3 Å². The predicted molar refractivity (Wildman–Crippen MR) is 42.4 cm³/mol. The van der Waals surface area contributed by atoms with Gasteiger partial charge in [0.05, 0.1) is 0 Å². The van der Waals surface area contributed by atoms with Crippen LogP contribution in [0.1, 0.15) is 5.82 Å². The molecule has 2 aromatic rings. The van der Waals surface area contributed by atoms with Crippen LogP contribution < -0.4 is 0 Å². The van der Waals surface area contributed by atoms with Gasteiger partial charge in [0.1, 0.15) is 5.69 Å². The number of hydrogen-bond acceptors (Lipinski definition) is 4. The summed E-state index contributed by atoms with van der Waals surface area (Å²) in [7, 11) is 0. The molecule has 0 atom stereocenters. The minimum absolute atomic E-state index is 0.129. The fraction of sp³-hybridized carbons (Fsp3) is 0.143. The molecule has 1 N–H and O–H groups in total. The van der Waals surface area contributed by atoms with Gasteiger partial charge < -0.3 is 0 Å². The van der Waals surface area contributed by atoms with Gasteiger partial charge in [-0.25, -0.2) is 4.98 Å². The normalized spacial score (nSPS) is 11.7. The molecule has 2 aromatic heterocycles. The van der Waals surface area contributed by atoms with Crippen LogP contribution in [0, 0.1) is 0 Å². The number of halogens is 3. The van der Waals surface area contributed by atoms with Gasteiger partial charge >= 0.3 is 6.18 Å². The topological polar surface area (TPSA) is 67.3 Å². The van der Waals surface area contributed by atoms with Crippen molar-refractivity contribution in [3.63, 3.8) is 0 Å². The summed E-state index contributed by atoms with van der Waals surface area (Å²) < 4.78 is 36.4. The SMILES string of the molecule is FC(F)(F)c1nc(-c2cccnn2)n[nH]1. The Hall–Kier alpha value is -1.99. The zero-order valence-corrected chi connectivity index (χ0v) is 7.15. The largest absolute Gasteiger partial charge is 0.451 e. The van der Waals surface area contributed by atoms with Crippen LogP contribution in [0.5, 0.6) is 0 Å². The summed E-state index contributed by atoms with van der Waals surface area (Å²) in [5.74, 6) is -1.28. The molecular formula is C7H4F3N5. The number of aromatic amines is 1. The maximum Gasteiger partial charge on any atom is 0.451 e. The van der Waals surface area contributed by atoms with E-state index in [4.69, 9.17) is 0 Å². The van der Waals surface area contributed by atoms with Gasteiger partial charge in [-0.15, -0.1) is 5.10 Å². The Labute approximate surface area is 81.4 Å². The van der Waals surface area contributed by atoms with Crippen molar-refractivity contribution in [1.29, 1.82) is 0 Å². The van der Waals surface area contributed by atoms with E-state index in [9.17, 15) is 13.2 Å². The fourth-order valence-corrected chi connectivity index (χ4v) is 0.924. The molecule has 0 fully saturated rings. The summed E-state index contributed by atoms with van der Waals surface area (Å²) in [6, 6.07) is 3.00. The minimum atomic E-state index is -4.53. The predicted octanol–water partition coefficient (Wildman–Crippen LogP) is 1.28. The Morgan fingerprint density at radius 2 is 2.07 bits per heavy atom. The van der Waals surface area contributed by atoms with Crippen LogP contribution in [-0.4, -0.2) is 25.4 Å². The van der Waals surface area contributed by atoms with Crippen molar-refractivity contribution >= 4 is 0 Å². The zero-order chi connectivity index (χ0) is 10.9. The van der Waals surface area contributed by atoms with E-state index in [-0.39, 0.29) is 11.5 Å². The highest BCUT2D eigenvalue weighted by atomic mass is 19.4. The van der Waals surface area contributed by atoms with Crippen molar-refractivity contribution in [2.45, 2.75) is 6.18 Å². The first-order chi connectivity index (χ1) is 7.07. The lowest BCUT2D eigenvalue weighted by Gasteiger charge is -1.98. The van der Waals surface area contributed by atoms with E-state index in [0.29, 0.717) is 0 Å². The van der Waals surface area contributed by atoms with Gasteiger partial charge in [0.2, 0.25) is 11.6 Å². The molecule has 5 nitrogen and oxygen atoms in total. The number of aromatic nitrogens is 5. The summed E-state index contributed by atoms with van der Waals surface area (Å²) in [5.41, 5.74) is 0.184. The van der Waals surface area contributed by atoms with Gasteiger partial charge in [-0.05, 0) is 12.1 Å². The second kappa shape index (κ2) is 3.30. The van der Waals surface area contributed by atoms with Gasteiger partial charge in [-0.3, -0.25) is 5.10 Å². The summed E-state index contributed by atoms with van der Waals surface area (Å²) in [6.45, 7) is 0. The molecule has 2 rings (SSSR count). The third-order valence-electron chi connectivity index (χ3n) is 1.56. The summed E-state index contributed by atoms with van der Waals surface area (Å²) >= 11 is 0. The highest BCUT2D eigenvalue weighted by Gasteiger charge is 2.35. The smallest absolute Gasteiger partial charge is 0.255 e. The zero-order valence-electron chi connectivity index (χ0n) is 7.15. The Balaban J connectivity index is 2.37. The van der Waals surface area contributed by atoms with Gasteiger partial charge in [0, 0.05) is 6.20 Å². The lowest BCUT2D eigenvalue weighted by molar-refractivity contribution is -0.144. The average molecular weight is 215 g/mol. The van der Waals surface area contributed by atoms with Crippen molar-refractivity contribution < 1.29 is 13.2 Å². The van der Waals surface area contributed by atoms with Crippen molar-refractivity contribution in [1.82, 2.24) is 25.4 Å². The Kier molecular flexibility index (Phi) is 2.10. The molecule has 0 aliphatic heterocycles. The van der Waals surface area contributed by atoms with E-state index < -0.39 is 12.0 Å². The van der Waals surface area contributed by atoms with Crippen LogP contribution in [0.4, 0.5) is 13.2 Å². The summed E-state index contributed by atoms with van der Waals surface area (Å²) in [4.78, 5) is 3.26. The number of hydrogen-bond donors (Lipinski definition) is 1. The minimum Gasteiger partial charge on any atom is -0.255 e. The summed E-state index contributed by atoms with van der Waals surface area (Å²) in [5, 5.41) is 12.3. The Bertz CT molecular complexity index is 449. The summed E-state index contributed by atoms with van der Waals surface area (Å²) in [6.07, 6.45) is -3.13. The second-order valence-electron chi connectivity index (χ2n) is 2.61. The van der Waals surface area contributed by atoms with Gasteiger partial charge in [0.15, 0.2) is 0 Å². The molecule has 2 heterocycles. The maximum atomic E-state index is 12.1. The number of nitrogens with one attached hydrogen (secondary N) is 1. The fourth-order valence-electron chi connectivity index (χ4n) is 0.924. The molecule has 78 valence electrons. The maximum absolute atomic E-state index is 12.1. The highest BCUT2D eigenvalue weighted by Crippen LogP contribution is 2.26. The van der Waals surface area contributed by atoms with Crippen molar-refractivity contribution in [2.75, 3.05) is 0 Å². The number of alkyl halides is 3. The van der Waals surface area contributed by atoms with Crippen LogP contribution in [0.2, 0.25) is 0 Å². The highest BCUT2D eigenvalue weighted by molar-refractivity contribution is 5.46. The van der Waals surface area contributed by atoms with Gasteiger partial charge in [-0.2, -0.15) is 23.4 Å². The van der Waals surface area contributed by atoms with E-state index in [0.717, 1.165) is 0 Å². The molecular weight excluding hydrogens is 211 g/mol. The molecule has 0 saturated carbocycles. The molecule has 0 spiro atoms. The average Bonchev–Trinajstić information content (AvgIpc) is 2.67. The molecule has 0 saturated heterocycles. The molecule has 0 unspecified atom stereocenters. The number of rotatable bonds is 1. The number of nitrogens with zero attached hydrogens (tertiary/aromatic N) is 4. The first kappa shape index (κ1) is 9.56. The van der Waals surface area contributed by atoms with E-state index in [1.165, 1.54) is 18.3 Å². The second-order valence-corrected chi connectivity index (χ2v) is 2.61. The van der Waals surface area contributed by atoms with E-state index in [1.807, 2.05) is 0 Å². The quantitative estimate of drug-likeness (QED) is 0.778. The van der Waals surface area contributed by atoms with E-state index in [2.05, 4.69) is 20.3 Å². The van der Waals surface area contributed by atoms with Gasteiger partial charge in [-0.1, -0.05) is 0 Å². The monoisotopic (exact) mass is 215 g/mol. The van der Waals surface area contributed by atoms with Gasteiger partial charge in [0.25, 0.3) is 0 Å². The molecule has 0 aliphatic rings. The first-order valence-corrected chi connectivity index (χ1v) is 3.85. The van der Waals surface area contributed by atoms with Crippen molar-refractivity contribution in [3.05, 3.63) is 24.2 Å². The van der Waals surface area contributed by atoms with Crippen LogP contribution in [-0.2, 0) is 6.18 Å². The molecule has 0 radical (unpaired) electrons.